The maximum atomic E-state index is 14.1. The number of benzene rings is 2. The van der Waals surface area contributed by atoms with Crippen molar-refractivity contribution >= 4 is 29.1 Å². The van der Waals surface area contributed by atoms with Gasteiger partial charge in [0.25, 0.3) is 0 Å². The molecule has 1 aromatic heterocycles. The molecule has 2 aromatic carbocycles. The van der Waals surface area contributed by atoms with Crippen LogP contribution in [0.15, 0.2) is 52.7 Å². The number of aliphatic hydroxyl groups excluding tert-OH is 2. The van der Waals surface area contributed by atoms with Gasteiger partial charge in [-0.05, 0) is 19.4 Å². The summed E-state index contributed by atoms with van der Waals surface area (Å²) in [5, 5.41) is 69.5. The Bertz CT molecular complexity index is 2540. The number of nitrogens with zero attached hydrogens (tertiary/aromatic N) is 3. The summed E-state index contributed by atoms with van der Waals surface area (Å²) in [6.07, 6.45) is 20.6. The van der Waals surface area contributed by atoms with E-state index in [2.05, 4.69) is 42.9 Å². The Morgan fingerprint density at radius 1 is 0.962 bits per heavy atom. The van der Waals surface area contributed by atoms with Crippen LogP contribution in [0.25, 0.3) is 0 Å². The first kappa shape index (κ1) is 61.1. The van der Waals surface area contributed by atoms with Crippen LogP contribution in [0.3, 0.4) is 0 Å². The zero-order valence-electron chi connectivity index (χ0n) is 45.6. The molecule has 21 heteroatoms. The molecule has 7 atom stereocenters. The lowest BCUT2D eigenvalue weighted by Gasteiger charge is -2.43. The molecule has 2 aliphatic carbocycles. The molecule has 428 valence electrons. The van der Waals surface area contributed by atoms with Crippen LogP contribution in [0.5, 0.6) is 17.2 Å². The third-order valence-electron chi connectivity index (χ3n) is 15.2. The van der Waals surface area contributed by atoms with Gasteiger partial charge in [-0.3, -0.25) is 24.2 Å². The molecule has 0 radical (unpaired) electrons. The highest BCUT2D eigenvalue weighted by atomic mass is 16.7. The van der Waals surface area contributed by atoms with E-state index in [0.717, 1.165) is 19.3 Å². The molecular weight excluding hydrogens is 1000 g/mol. The van der Waals surface area contributed by atoms with Gasteiger partial charge >= 0.3 is 0 Å². The summed E-state index contributed by atoms with van der Waals surface area (Å²) in [5.41, 5.74) is 10.9. The minimum absolute atomic E-state index is 0.0183. The Balaban J connectivity index is 1.04. The number of phenols is 2. The number of nitrogens with one attached hydrogen (secondary N) is 5. The van der Waals surface area contributed by atoms with Gasteiger partial charge in [0.05, 0.1) is 78.7 Å². The fourth-order valence-corrected chi connectivity index (χ4v) is 10.8. The predicted octanol–water partition coefficient (Wildman–Crippen LogP) is 6.90. The van der Waals surface area contributed by atoms with Crippen molar-refractivity contribution < 1.29 is 58.9 Å². The van der Waals surface area contributed by atoms with E-state index in [4.69, 9.17) is 25.5 Å². The molecule has 1 aliphatic heterocycles. The number of H-pyrrole nitrogens is 1. The lowest BCUT2D eigenvalue weighted by Crippen LogP contribution is -2.53. The van der Waals surface area contributed by atoms with Crippen molar-refractivity contribution in [3.8, 4) is 17.2 Å². The summed E-state index contributed by atoms with van der Waals surface area (Å²) in [5.74, 6) is -3.63. The van der Waals surface area contributed by atoms with Crippen molar-refractivity contribution in [2.75, 3.05) is 26.9 Å². The number of nitrogens with two attached hydrogens (primary N) is 1. The molecule has 2 amide bonds. The smallest absolute Gasteiger partial charge is 0.243 e. The molecule has 0 spiro atoms. The van der Waals surface area contributed by atoms with E-state index in [9.17, 15) is 44.7 Å². The summed E-state index contributed by atoms with van der Waals surface area (Å²) >= 11 is 0. The number of ketones is 2. The predicted molar refractivity (Wildman–Crippen MR) is 291 cm³/mol. The number of carbonyl (C=O) groups excluding carboxylic acids is 4. The standard InChI is InChI=1S/C57H83N9O12/c1-4-5-6-7-8-9-10-11-12-13-14-15-16-17-18-19-20-24-45(68)65-41(25-36-29-60-33-63-36)56(74)62-31-37(66-59)30-61-34-64-44(32-67)57(75)27-39-48(43(28-57)78-46-26-40(58)51(69)35(2)77-46)55(73)50-49(53(39)71)52(70)38-22-21-23-42(76-3)47(38)54(50)72/h21-23,29-30,33,35,40-41,43,46,51,59,61,67,69,71,73,75H,4-20,24-28,31-32,34,58H2,1-3H3,(H,60,63)(H,62,74)(H,65,68)/b37-30-,64-44-,66-59?. The van der Waals surface area contributed by atoms with E-state index in [0.29, 0.717) is 12.1 Å². The molecule has 3 aliphatic rings. The number of ether oxygens (including phenoxy) is 3. The monoisotopic (exact) mass is 1090 g/mol. The fraction of sp³-hybridized carbons (Fsp3) is 0.614. The second-order valence-electron chi connectivity index (χ2n) is 21.0. The molecule has 78 heavy (non-hydrogen) atoms. The van der Waals surface area contributed by atoms with E-state index in [-0.39, 0.29) is 77.8 Å². The summed E-state index contributed by atoms with van der Waals surface area (Å²) in [6, 6.07) is 2.65. The summed E-state index contributed by atoms with van der Waals surface area (Å²) < 4.78 is 17.7. The number of amides is 2. The number of carbonyl (C=O) groups is 4. The first-order valence-corrected chi connectivity index (χ1v) is 28.0. The number of hydrogen-bond acceptors (Lipinski definition) is 18. The van der Waals surface area contributed by atoms with E-state index in [1.54, 1.807) is 13.1 Å². The zero-order valence-corrected chi connectivity index (χ0v) is 45.6. The van der Waals surface area contributed by atoms with E-state index >= 15 is 0 Å². The van der Waals surface area contributed by atoms with Gasteiger partial charge < -0.3 is 66.4 Å². The number of aromatic hydroxyl groups is 2. The zero-order chi connectivity index (χ0) is 56.2. The van der Waals surface area contributed by atoms with Crippen molar-refractivity contribution in [3.63, 3.8) is 0 Å². The minimum atomic E-state index is -2.11. The van der Waals surface area contributed by atoms with E-state index in [1.165, 1.54) is 121 Å². The molecule has 2 heterocycles. The van der Waals surface area contributed by atoms with Crippen LogP contribution in [-0.2, 0) is 31.9 Å². The summed E-state index contributed by atoms with van der Waals surface area (Å²) in [4.78, 5) is 66.4. The van der Waals surface area contributed by atoms with E-state index < -0.39 is 102 Å². The van der Waals surface area contributed by atoms with Crippen molar-refractivity contribution in [2.45, 2.75) is 197 Å². The minimum Gasteiger partial charge on any atom is -0.507 e. The maximum absolute atomic E-state index is 14.1. The van der Waals surface area contributed by atoms with E-state index in [1.807, 2.05) is 0 Å². The molecule has 1 saturated heterocycles. The molecular formula is C57H83N9O12. The Morgan fingerprint density at radius 3 is 2.19 bits per heavy atom. The lowest BCUT2D eigenvalue weighted by atomic mass is 9.71. The van der Waals surface area contributed by atoms with Crippen LogP contribution in [0.2, 0.25) is 0 Å². The number of aromatic nitrogens is 2. The van der Waals surface area contributed by atoms with Gasteiger partial charge in [-0.15, -0.1) is 0 Å². The van der Waals surface area contributed by atoms with Crippen molar-refractivity contribution in [1.82, 2.24) is 25.9 Å². The first-order valence-electron chi connectivity index (χ1n) is 28.0. The maximum Gasteiger partial charge on any atom is 0.243 e. The Morgan fingerprint density at radius 2 is 1.60 bits per heavy atom. The van der Waals surface area contributed by atoms with Gasteiger partial charge in [-0.25, -0.2) is 10.5 Å². The number of aliphatic imine (C=N–C) groups is 1. The van der Waals surface area contributed by atoms with Gasteiger partial charge in [-0.2, -0.15) is 5.11 Å². The Kier molecular flexibility index (Phi) is 23.8. The molecule has 6 rings (SSSR count). The second kappa shape index (κ2) is 30.3. The normalized spacial score (nSPS) is 21.6. The molecule has 21 nitrogen and oxygen atoms in total. The SMILES string of the molecule is CCCCCCCCCCCCCCCCCCCC(=O)NC(Cc1c[nH]cn1)C(=O)NC/C(=C/NC/N=C(/CO)C1(O)Cc2c(O)c3c(c(O)c2C(OC2CC(N)C(O)C(C)O2)C1)C(=O)c1c(OC)cccc1C3=O)N=N. The van der Waals surface area contributed by atoms with Gasteiger partial charge in [0, 0.05) is 67.2 Å². The second-order valence-corrected chi connectivity index (χ2v) is 21.0. The number of rotatable bonds is 33. The molecule has 12 N–H and O–H groups in total. The molecule has 0 saturated carbocycles. The first-order chi connectivity index (χ1) is 37.7. The Hall–Kier alpha value is -6.10. The summed E-state index contributed by atoms with van der Waals surface area (Å²) in [6.45, 7) is 2.51. The average Bonchev–Trinajstić information content (AvgIpc) is 4.00. The average molecular weight is 1090 g/mol. The molecule has 1 fully saturated rings. The third-order valence-corrected chi connectivity index (χ3v) is 15.2. The number of fused-ring (bicyclic) bond motifs is 3. The number of hydrogen-bond donors (Lipinski definition) is 11. The number of phenolic OH excluding ortho intramolecular Hbond substituents is 2. The number of unbranched alkanes of at least 4 members (excludes halogenated alkanes) is 16. The number of methoxy groups -OCH3 is 1. The Labute approximate surface area is 457 Å². The highest BCUT2D eigenvalue weighted by Gasteiger charge is 2.49. The highest BCUT2D eigenvalue weighted by Crippen LogP contribution is 2.52. The molecule has 0 bridgehead atoms. The topological polar surface area (TPSA) is 336 Å². The van der Waals surface area contributed by atoms with Crippen LogP contribution < -0.4 is 26.4 Å². The summed E-state index contributed by atoms with van der Waals surface area (Å²) in [7, 11) is 1.33. The van der Waals surface area contributed by atoms with Crippen LogP contribution >= 0.6 is 0 Å². The molecule has 7 unspecified atom stereocenters. The fourth-order valence-electron chi connectivity index (χ4n) is 10.8. The number of aromatic amines is 1. The van der Waals surface area contributed by atoms with Crippen LogP contribution in [-0.4, -0.2) is 128 Å². The molecule has 3 aromatic rings. The third kappa shape index (κ3) is 16.0. The van der Waals surface area contributed by atoms with Crippen molar-refractivity contribution in [2.24, 2.45) is 15.8 Å². The van der Waals surface area contributed by atoms with Gasteiger partial charge in [-0.1, -0.05) is 122 Å². The largest absolute Gasteiger partial charge is 0.507 e. The van der Waals surface area contributed by atoms with Crippen LogP contribution in [0, 0.1) is 5.53 Å². The van der Waals surface area contributed by atoms with Crippen LogP contribution in [0.1, 0.15) is 197 Å². The van der Waals surface area contributed by atoms with Crippen molar-refractivity contribution in [1.29, 1.82) is 5.53 Å². The quantitative estimate of drug-likeness (QED) is 0.0100. The van der Waals surface area contributed by atoms with Gasteiger partial charge in [0.1, 0.15) is 35.6 Å². The van der Waals surface area contributed by atoms with Gasteiger partial charge in [0.2, 0.25) is 17.6 Å². The lowest BCUT2D eigenvalue weighted by molar-refractivity contribution is -0.245. The number of aliphatic hydroxyl groups is 3. The van der Waals surface area contributed by atoms with Crippen molar-refractivity contribution in [3.05, 3.63) is 81.7 Å². The van der Waals surface area contributed by atoms with Gasteiger partial charge in [0.15, 0.2) is 12.1 Å². The highest BCUT2D eigenvalue weighted by molar-refractivity contribution is 6.31. The number of imidazole rings is 1. The van der Waals surface area contributed by atoms with Crippen LogP contribution in [0.4, 0.5) is 0 Å².